The molecule has 0 aliphatic rings. The second kappa shape index (κ2) is 9.19. The van der Waals surface area contributed by atoms with Crippen LogP contribution in [0.4, 0.5) is 0 Å². The molecule has 0 aliphatic heterocycles. The maximum atomic E-state index is 10.6. The molecule has 0 aliphatic carbocycles. The van der Waals surface area contributed by atoms with Crippen molar-refractivity contribution in [3.05, 3.63) is 18.2 Å². The van der Waals surface area contributed by atoms with Crippen LogP contribution >= 0.6 is 24.8 Å². The summed E-state index contributed by atoms with van der Waals surface area (Å²) in [4.78, 5) is 14.7. The van der Waals surface area contributed by atoms with Crippen LogP contribution in [0.2, 0.25) is 0 Å². The van der Waals surface area contributed by atoms with Crippen molar-refractivity contribution in [3.8, 4) is 0 Å². The predicted molar refractivity (Wildman–Crippen MR) is 75.5 cm³/mol. The standard InChI is InChI=1S/C11H19N3O2.2ClH/c1-8(2)3-4-14-6-9(13-7-14)5-10(12)11(15)16;;/h6-8,10H,3-5,12H2,1-2H3,(H,15,16);2*1H/t10-;;/m0../s1. The SMILES string of the molecule is CC(C)CCn1cnc(C[C@H](N)C(=O)O)c1.Cl.Cl. The normalized spacial score (nSPS) is 11.6. The molecule has 0 radical (unpaired) electrons. The van der Waals surface area contributed by atoms with E-state index in [0.717, 1.165) is 18.7 Å². The van der Waals surface area contributed by atoms with Crippen LogP contribution in [0.1, 0.15) is 26.0 Å². The molecule has 18 heavy (non-hydrogen) atoms. The van der Waals surface area contributed by atoms with Gasteiger partial charge < -0.3 is 15.4 Å². The van der Waals surface area contributed by atoms with E-state index in [-0.39, 0.29) is 31.2 Å². The van der Waals surface area contributed by atoms with Gasteiger partial charge in [0.05, 0.1) is 12.0 Å². The average molecular weight is 298 g/mol. The minimum atomic E-state index is -0.989. The summed E-state index contributed by atoms with van der Waals surface area (Å²) in [5.41, 5.74) is 6.17. The van der Waals surface area contributed by atoms with Crippen LogP contribution in [0.5, 0.6) is 0 Å². The molecule has 5 nitrogen and oxygen atoms in total. The molecule has 0 saturated carbocycles. The van der Waals surface area contributed by atoms with Gasteiger partial charge in [-0.05, 0) is 12.3 Å². The number of carboxylic acid groups (broad SMARTS) is 1. The largest absolute Gasteiger partial charge is 0.480 e. The number of nitrogens with zero attached hydrogens (tertiary/aromatic N) is 2. The monoisotopic (exact) mass is 297 g/mol. The lowest BCUT2D eigenvalue weighted by Gasteiger charge is -2.05. The Labute approximate surface area is 120 Å². The number of nitrogens with two attached hydrogens (primary N) is 1. The fourth-order valence-corrected chi connectivity index (χ4v) is 1.35. The Morgan fingerprint density at radius 1 is 1.50 bits per heavy atom. The number of aryl methyl sites for hydroxylation is 1. The van der Waals surface area contributed by atoms with E-state index in [9.17, 15) is 4.79 Å². The third-order valence-electron chi connectivity index (χ3n) is 2.40. The Bertz CT molecular complexity index is 356. The molecular formula is C11H21Cl2N3O2. The minimum absolute atomic E-state index is 0. The van der Waals surface area contributed by atoms with Gasteiger partial charge in [-0.1, -0.05) is 13.8 Å². The summed E-state index contributed by atoms with van der Waals surface area (Å²) in [5, 5.41) is 8.67. The Balaban J connectivity index is 0. The van der Waals surface area contributed by atoms with E-state index in [0.29, 0.717) is 5.92 Å². The summed E-state index contributed by atoms with van der Waals surface area (Å²) in [6.07, 6.45) is 4.96. The molecule has 1 heterocycles. The van der Waals surface area contributed by atoms with E-state index in [1.807, 2.05) is 10.8 Å². The second-order valence-corrected chi connectivity index (χ2v) is 4.43. The highest BCUT2D eigenvalue weighted by Gasteiger charge is 2.13. The van der Waals surface area contributed by atoms with Crippen LogP contribution in [0, 0.1) is 5.92 Å². The molecule has 0 saturated heterocycles. The third kappa shape index (κ3) is 6.83. The van der Waals surface area contributed by atoms with Crippen LogP contribution in [-0.4, -0.2) is 26.7 Å². The molecule has 0 fully saturated rings. The van der Waals surface area contributed by atoms with Gasteiger partial charge in [0.25, 0.3) is 0 Å². The molecule has 3 N–H and O–H groups in total. The number of hydrogen-bond acceptors (Lipinski definition) is 3. The fourth-order valence-electron chi connectivity index (χ4n) is 1.35. The number of carboxylic acids is 1. The van der Waals surface area contributed by atoms with Gasteiger partial charge in [-0.25, -0.2) is 4.98 Å². The Kier molecular flexibility index (Phi) is 9.99. The van der Waals surface area contributed by atoms with E-state index < -0.39 is 12.0 Å². The lowest BCUT2D eigenvalue weighted by atomic mass is 10.1. The van der Waals surface area contributed by atoms with Crippen molar-refractivity contribution in [2.45, 2.75) is 39.3 Å². The van der Waals surface area contributed by atoms with E-state index in [4.69, 9.17) is 10.8 Å². The summed E-state index contributed by atoms with van der Waals surface area (Å²) in [7, 11) is 0. The molecular weight excluding hydrogens is 277 g/mol. The predicted octanol–water partition coefficient (Wildman–Crippen LogP) is 1.73. The van der Waals surface area contributed by atoms with E-state index in [1.165, 1.54) is 0 Å². The van der Waals surface area contributed by atoms with Gasteiger partial charge in [0.2, 0.25) is 0 Å². The fraction of sp³-hybridized carbons (Fsp3) is 0.636. The van der Waals surface area contributed by atoms with Crippen LogP contribution in [0.3, 0.4) is 0 Å². The smallest absolute Gasteiger partial charge is 0.320 e. The first-order valence-electron chi connectivity index (χ1n) is 5.48. The maximum absolute atomic E-state index is 10.6. The van der Waals surface area contributed by atoms with Gasteiger partial charge in [-0.15, -0.1) is 24.8 Å². The van der Waals surface area contributed by atoms with E-state index in [1.54, 1.807) is 6.33 Å². The van der Waals surface area contributed by atoms with Gasteiger partial charge in [0.1, 0.15) is 6.04 Å². The molecule has 0 unspecified atom stereocenters. The quantitative estimate of drug-likeness (QED) is 0.838. The lowest BCUT2D eigenvalue weighted by Crippen LogP contribution is -2.32. The van der Waals surface area contributed by atoms with Crippen LogP contribution in [-0.2, 0) is 17.8 Å². The highest BCUT2D eigenvalue weighted by Crippen LogP contribution is 2.05. The van der Waals surface area contributed by atoms with Crippen LogP contribution < -0.4 is 5.73 Å². The number of hydrogen-bond donors (Lipinski definition) is 2. The molecule has 1 aromatic heterocycles. The van der Waals surface area contributed by atoms with Gasteiger partial charge in [0, 0.05) is 19.2 Å². The van der Waals surface area contributed by atoms with Crippen molar-refractivity contribution in [3.63, 3.8) is 0 Å². The first-order valence-corrected chi connectivity index (χ1v) is 5.48. The highest BCUT2D eigenvalue weighted by molar-refractivity contribution is 5.85. The zero-order chi connectivity index (χ0) is 12.1. The Hall–Kier alpha value is -0.780. The van der Waals surface area contributed by atoms with Gasteiger partial charge in [-0.2, -0.15) is 0 Å². The first-order chi connectivity index (χ1) is 7.49. The van der Waals surface area contributed by atoms with Crippen molar-refractivity contribution in [1.82, 2.24) is 9.55 Å². The number of aromatic nitrogens is 2. The number of imidazole rings is 1. The van der Waals surface area contributed by atoms with Crippen molar-refractivity contribution < 1.29 is 9.90 Å². The van der Waals surface area contributed by atoms with E-state index in [2.05, 4.69) is 18.8 Å². The van der Waals surface area contributed by atoms with Crippen molar-refractivity contribution in [1.29, 1.82) is 0 Å². The van der Waals surface area contributed by atoms with Gasteiger partial charge in [0.15, 0.2) is 0 Å². The molecule has 1 atom stereocenters. The third-order valence-corrected chi connectivity index (χ3v) is 2.40. The van der Waals surface area contributed by atoms with Gasteiger partial charge >= 0.3 is 5.97 Å². The number of aliphatic carboxylic acids is 1. The average Bonchev–Trinajstić information content (AvgIpc) is 2.62. The molecule has 106 valence electrons. The zero-order valence-corrected chi connectivity index (χ0v) is 12.2. The number of halogens is 2. The van der Waals surface area contributed by atoms with Crippen molar-refractivity contribution >= 4 is 30.8 Å². The number of rotatable bonds is 6. The van der Waals surface area contributed by atoms with E-state index >= 15 is 0 Å². The molecule has 0 amide bonds. The first kappa shape index (κ1) is 19.6. The molecule has 1 aromatic rings. The molecule has 7 heteroatoms. The molecule has 0 bridgehead atoms. The summed E-state index contributed by atoms with van der Waals surface area (Å²) in [5.74, 6) is -0.344. The summed E-state index contributed by atoms with van der Waals surface area (Å²) in [6, 6.07) is -0.867. The molecule has 0 spiro atoms. The highest BCUT2D eigenvalue weighted by atomic mass is 35.5. The minimum Gasteiger partial charge on any atom is -0.480 e. The zero-order valence-electron chi connectivity index (χ0n) is 10.6. The Morgan fingerprint density at radius 2 is 2.11 bits per heavy atom. The van der Waals surface area contributed by atoms with Crippen molar-refractivity contribution in [2.75, 3.05) is 0 Å². The number of carbonyl (C=O) groups is 1. The second-order valence-electron chi connectivity index (χ2n) is 4.43. The van der Waals surface area contributed by atoms with Crippen molar-refractivity contribution in [2.24, 2.45) is 11.7 Å². The van der Waals surface area contributed by atoms with Crippen LogP contribution in [0.25, 0.3) is 0 Å². The topological polar surface area (TPSA) is 81.1 Å². The van der Waals surface area contributed by atoms with Gasteiger partial charge in [-0.3, -0.25) is 4.79 Å². The lowest BCUT2D eigenvalue weighted by molar-refractivity contribution is -0.138. The van der Waals surface area contributed by atoms with Crippen LogP contribution in [0.15, 0.2) is 12.5 Å². The molecule has 0 aromatic carbocycles. The molecule has 1 rings (SSSR count). The summed E-state index contributed by atoms with van der Waals surface area (Å²) < 4.78 is 1.98. The maximum Gasteiger partial charge on any atom is 0.320 e. The summed E-state index contributed by atoms with van der Waals surface area (Å²) >= 11 is 0. The Morgan fingerprint density at radius 3 is 2.61 bits per heavy atom. The summed E-state index contributed by atoms with van der Waals surface area (Å²) in [6.45, 7) is 5.24.